The minimum atomic E-state index is -0.107. The Morgan fingerprint density at radius 1 is 0.964 bits per heavy atom. The molecule has 0 saturated carbocycles. The van der Waals surface area contributed by atoms with Crippen LogP contribution in [0.15, 0.2) is 48.7 Å². The number of halogens is 2. The Morgan fingerprint density at radius 2 is 1.71 bits per heavy atom. The fourth-order valence-corrected chi connectivity index (χ4v) is 4.02. The van der Waals surface area contributed by atoms with E-state index in [9.17, 15) is 9.59 Å². The normalized spacial score (nSPS) is 15.1. The van der Waals surface area contributed by atoms with Crippen LogP contribution in [0.2, 0.25) is 10.0 Å². The van der Waals surface area contributed by atoms with Crippen LogP contribution in [0.5, 0.6) is 0 Å². The minimum Gasteiger partial charge on any atom is -0.360 e. The number of H-pyrrole nitrogens is 1. The van der Waals surface area contributed by atoms with E-state index in [0.717, 1.165) is 10.9 Å². The van der Waals surface area contributed by atoms with Gasteiger partial charge in [0.1, 0.15) is 0 Å². The Hall–Kier alpha value is -2.34. The van der Waals surface area contributed by atoms with Gasteiger partial charge in [-0.1, -0.05) is 41.4 Å². The first-order valence-corrected chi connectivity index (χ1v) is 9.84. The standard InChI is InChI=1S/C21H19Cl2N3O2/c22-14-5-6-16(18(23)11-14)21(28)26-9-7-25(8-10-26)13-20(27)17-12-24-19-4-2-1-3-15(17)19/h1-6,11-12,24H,7-10,13H2. The number of carbonyl (C=O) groups is 2. The average molecular weight is 416 g/mol. The van der Waals surface area contributed by atoms with Gasteiger partial charge < -0.3 is 9.88 Å². The van der Waals surface area contributed by atoms with Crippen molar-refractivity contribution in [3.63, 3.8) is 0 Å². The molecule has 0 radical (unpaired) electrons. The molecule has 1 aliphatic rings. The van der Waals surface area contributed by atoms with Crippen LogP contribution in [0.25, 0.3) is 10.9 Å². The van der Waals surface area contributed by atoms with Crippen molar-refractivity contribution in [1.29, 1.82) is 0 Å². The van der Waals surface area contributed by atoms with E-state index >= 15 is 0 Å². The summed E-state index contributed by atoms with van der Waals surface area (Å²) in [7, 11) is 0. The molecular weight excluding hydrogens is 397 g/mol. The van der Waals surface area contributed by atoms with Gasteiger partial charge in [-0.3, -0.25) is 14.5 Å². The number of nitrogens with zero attached hydrogens (tertiary/aromatic N) is 2. The molecule has 2 aromatic carbocycles. The lowest BCUT2D eigenvalue weighted by Gasteiger charge is -2.34. The number of rotatable bonds is 4. The molecule has 1 fully saturated rings. The number of para-hydroxylation sites is 1. The summed E-state index contributed by atoms with van der Waals surface area (Å²) >= 11 is 12.1. The number of carbonyl (C=O) groups excluding carboxylic acids is 2. The van der Waals surface area contributed by atoms with Gasteiger partial charge in [0.2, 0.25) is 0 Å². The molecule has 7 heteroatoms. The van der Waals surface area contributed by atoms with E-state index in [1.165, 1.54) is 0 Å². The van der Waals surface area contributed by atoms with E-state index in [4.69, 9.17) is 23.2 Å². The second-order valence-corrected chi connectivity index (χ2v) is 7.71. The number of piperazine rings is 1. The number of hydrogen-bond donors (Lipinski definition) is 1. The second kappa shape index (κ2) is 7.95. The maximum Gasteiger partial charge on any atom is 0.255 e. The Balaban J connectivity index is 1.37. The maximum atomic E-state index is 12.7. The number of aromatic amines is 1. The van der Waals surface area contributed by atoms with E-state index in [-0.39, 0.29) is 11.7 Å². The average Bonchev–Trinajstić information content (AvgIpc) is 3.12. The molecule has 0 aliphatic carbocycles. The molecule has 1 amide bonds. The van der Waals surface area contributed by atoms with Gasteiger partial charge in [-0.05, 0) is 24.3 Å². The predicted octanol–water partition coefficient (Wildman–Crippen LogP) is 4.12. The van der Waals surface area contributed by atoms with Crippen molar-refractivity contribution >= 4 is 45.8 Å². The Morgan fingerprint density at radius 3 is 2.46 bits per heavy atom. The second-order valence-electron chi connectivity index (χ2n) is 6.86. The lowest BCUT2D eigenvalue weighted by atomic mass is 10.1. The number of ketones is 1. The number of amides is 1. The highest BCUT2D eigenvalue weighted by Gasteiger charge is 2.25. The smallest absolute Gasteiger partial charge is 0.255 e. The van der Waals surface area contributed by atoms with Gasteiger partial charge in [0.25, 0.3) is 5.91 Å². The van der Waals surface area contributed by atoms with Crippen molar-refractivity contribution < 1.29 is 9.59 Å². The van der Waals surface area contributed by atoms with Crippen LogP contribution in [-0.2, 0) is 0 Å². The first-order valence-electron chi connectivity index (χ1n) is 9.09. The maximum absolute atomic E-state index is 12.7. The first kappa shape index (κ1) is 19.0. The van der Waals surface area contributed by atoms with Crippen molar-refractivity contribution in [3.8, 4) is 0 Å². The molecule has 28 heavy (non-hydrogen) atoms. The Labute approximate surface area is 172 Å². The van der Waals surface area contributed by atoms with Crippen LogP contribution in [-0.4, -0.2) is 59.2 Å². The molecule has 0 bridgehead atoms. The number of aromatic nitrogens is 1. The lowest BCUT2D eigenvalue weighted by Crippen LogP contribution is -2.49. The quantitative estimate of drug-likeness (QED) is 0.652. The van der Waals surface area contributed by atoms with E-state index in [1.54, 1.807) is 29.3 Å². The zero-order valence-electron chi connectivity index (χ0n) is 15.1. The van der Waals surface area contributed by atoms with Gasteiger partial charge in [-0.2, -0.15) is 0 Å². The number of benzene rings is 2. The van der Waals surface area contributed by atoms with E-state index in [2.05, 4.69) is 9.88 Å². The van der Waals surface area contributed by atoms with Crippen LogP contribution in [0.4, 0.5) is 0 Å². The zero-order chi connectivity index (χ0) is 19.7. The van der Waals surface area contributed by atoms with Crippen molar-refractivity contribution in [2.75, 3.05) is 32.7 Å². The molecular formula is C21H19Cl2N3O2. The molecule has 3 aromatic rings. The molecule has 1 N–H and O–H groups in total. The summed E-state index contributed by atoms with van der Waals surface area (Å²) in [5, 5.41) is 1.80. The van der Waals surface area contributed by atoms with Crippen LogP contribution in [0, 0.1) is 0 Å². The Kier molecular flexibility index (Phi) is 5.40. The van der Waals surface area contributed by atoms with E-state index in [0.29, 0.717) is 53.9 Å². The zero-order valence-corrected chi connectivity index (χ0v) is 16.6. The highest BCUT2D eigenvalue weighted by atomic mass is 35.5. The summed E-state index contributed by atoms with van der Waals surface area (Å²) < 4.78 is 0. The van der Waals surface area contributed by atoms with Crippen molar-refractivity contribution in [3.05, 3.63) is 69.8 Å². The van der Waals surface area contributed by atoms with Gasteiger partial charge >= 0.3 is 0 Å². The molecule has 2 heterocycles. The van der Waals surface area contributed by atoms with Crippen LogP contribution in [0.3, 0.4) is 0 Å². The molecule has 1 saturated heterocycles. The Bertz CT molecular complexity index is 1040. The van der Waals surface area contributed by atoms with Gasteiger partial charge in [-0.15, -0.1) is 0 Å². The van der Waals surface area contributed by atoms with E-state index in [1.807, 2.05) is 24.3 Å². The molecule has 5 nitrogen and oxygen atoms in total. The highest BCUT2D eigenvalue weighted by molar-refractivity contribution is 6.36. The molecule has 0 unspecified atom stereocenters. The summed E-state index contributed by atoms with van der Waals surface area (Å²) in [5.41, 5.74) is 2.12. The fraction of sp³-hybridized carbons (Fsp3) is 0.238. The van der Waals surface area contributed by atoms with E-state index < -0.39 is 0 Å². The number of hydrogen-bond acceptors (Lipinski definition) is 3. The highest BCUT2D eigenvalue weighted by Crippen LogP contribution is 2.23. The summed E-state index contributed by atoms with van der Waals surface area (Å²) in [6.45, 7) is 2.74. The SMILES string of the molecule is O=C(CN1CCN(C(=O)c2ccc(Cl)cc2Cl)CC1)c1c[nH]c2ccccc12. The number of nitrogens with one attached hydrogen (secondary N) is 1. The summed E-state index contributed by atoms with van der Waals surface area (Å²) in [5.74, 6) is -0.0257. The molecule has 4 rings (SSSR count). The fourth-order valence-electron chi connectivity index (χ4n) is 3.53. The predicted molar refractivity (Wildman–Crippen MR) is 111 cm³/mol. The molecule has 144 valence electrons. The lowest BCUT2D eigenvalue weighted by molar-refractivity contribution is 0.0625. The van der Waals surface area contributed by atoms with Gasteiger partial charge in [0.05, 0.1) is 17.1 Å². The van der Waals surface area contributed by atoms with Crippen LogP contribution >= 0.6 is 23.2 Å². The third-order valence-corrected chi connectivity index (χ3v) is 5.63. The minimum absolute atomic E-state index is 0.0815. The van der Waals surface area contributed by atoms with Crippen LogP contribution < -0.4 is 0 Å². The molecule has 0 spiro atoms. The number of Topliss-reactive ketones (excluding diaryl/α,β-unsaturated/α-hetero) is 1. The molecule has 1 aromatic heterocycles. The van der Waals surface area contributed by atoms with Gasteiger partial charge in [-0.25, -0.2) is 0 Å². The summed E-state index contributed by atoms with van der Waals surface area (Å²) in [4.78, 5) is 32.4. The molecule has 1 aliphatic heterocycles. The largest absolute Gasteiger partial charge is 0.360 e. The van der Waals surface area contributed by atoms with Crippen molar-refractivity contribution in [2.45, 2.75) is 0 Å². The summed E-state index contributed by atoms with van der Waals surface area (Å²) in [6.07, 6.45) is 1.77. The number of fused-ring (bicyclic) bond motifs is 1. The molecule has 0 atom stereocenters. The first-order chi connectivity index (χ1) is 13.5. The third-order valence-electron chi connectivity index (χ3n) is 5.08. The van der Waals surface area contributed by atoms with Crippen LogP contribution in [0.1, 0.15) is 20.7 Å². The van der Waals surface area contributed by atoms with Crippen molar-refractivity contribution in [2.24, 2.45) is 0 Å². The summed E-state index contributed by atoms with van der Waals surface area (Å²) in [6, 6.07) is 12.7. The van der Waals surface area contributed by atoms with Gasteiger partial charge in [0, 0.05) is 53.9 Å². The third kappa shape index (κ3) is 3.78. The monoisotopic (exact) mass is 415 g/mol. The topological polar surface area (TPSA) is 56.4 Å². The van der Waals surface area contributed by atoms with Crippen molar-refractivity contribution in [1.82, 2.24) is 14.8 Å². The van der Waals surface area contributed by atoms with Gasteiger partial charge in [0.15, 0.2) is 5.78 Å².